The number of aryl methyl sites for hydroxylation is 2. The summed E-state index contributed by atoms with van der Waals surface area (Å²) in [6, 6.07) is 14.5. The van der Waals surface area contributed by atoms with Gasteiger partial charge >= 0.3 is 0 Å². The average Bonchev–Trinajstić information content (AvgIpc) is 3.00. The Morgan fingerprint density at radius 1 is 1.19 bits per heavy atom. The minimum atomic E-state index is -0.264. The molecule has 0 fully saturated rings. The molecule has 3 aromatic rings. The van der Waals surface area contributed by atoms with Crippen molar-refractivity contribution in [3.63, 3.8) is 0 Å². The fraction of sp³-hybridized carbons (Fsp3) is 0.158. The van der Waals surface area contributed by atoms with Gasteiger partial charge in [0.05, 0.1) is 12.2 Å². The molecular weight excluding hydrogens is 354 g/mol. The monoisotopic (exact) mass is 371 g/mol. The summed E-state index contributed by atoms with van der Waals surface area (Å²) >= 11 is 6.07. The van der Waals surface area contributed by atoms with Gasteiger partial charge in [-0.25, -0.2) is 0 Å². The molecule has 0 saturated heterocycles. The number of ether oxygens (including phenoxy) is 1. The lowest BCUT2D eigenvalue weighted by Gasteiger charge is -2.13. The Kier molecular flexibility index (Phi) is 5.43. The number of rotatable bonds is 6. The summed E-state index contributed by atoms with van der Waals surface area (Å²) in [4.78, 5) is 12.1. The van der Waals surface area contributed by atoms with Crippen LogP contribution in [-0.4, -0.2) is 17.6 Å². The number of nitrogens with zero attached hydrogens (tertiary/aromatic N) is 1. The molecule has 3 rings (SSSR count). The summed E-state index contributed by atoms with van der Waals surface area (Å²) in [6.07, 6.45) is 0. The van der Waals surface area contributed by atoms with Gasteiger partial charge in [-0.3, -0.25) is 4.79 Å². The molecular formula is C19H18ClN3O3. The molecule has 26 heavy (non-hydrogen) atoms. The van der Waals surface area contributed by atoms with Gasteiger partial charge in [0.2, 0.25) is 5.91 Å². The first-order valence-electron chi connectivity index (χ1n) is 8.01. The fourth-order valence-electron chi connectivity index (χ4n) is 2.32. The number of amides is 1. The van der Waals surface area contributed by atoms with E-state index in [1.54, 1.807) is 31.2 Å². The predicted octanol–water partition coefficient (Wildman–Crippen LogP) is 4.79. The molecule has 1 heterocycles. The van der Waals surface area contributed by atoms with Gasteiger partial charge in [-0.1, -0.05) is 28.9 Å². The highest BCUT2D eigenvalue weighted by Gasteiger charge is 2.10. The van der Waals surface area contributed by atoms with Crippen molar-refractivity contribution in [2.75, 3.05) is 17.2 Å². The van der Waals surface area contributed by atoms with Gasteiger partial charge in [0.25, 0.3) is 0 Å². The number of halogens is 1. The van der Waals surface area contributed by atoms with Crippen LogP contribution in [-0.2, 0) is 4.79 Å². The molecule has 0 bridgehead atoms. The molecule has 0 saturated carbocycles. The summed E-state index contributed by atoms with van der Waals surface area (Å²) in [7, 11) is 0. The fourth-order valence-corrected chi connectivity index (χ4v) is 2.50. The molecule has 2 aromatic carbocycles. The van der Waals surface area contributed by atoms with Gasteiger partial charge in [-0.15, -0.1) is 0 Å². The third-order valence-corrected chi connectivity index (χ3v) is 3.73. The first-order chi connectivity index (χ1) is 12.5. The molecule has 1 amide bonds. The van der Waals surface area contributed by atoms with E-state index in [2.05, 4.69) is 15.8 Å². The van der Waals surface area contributed by atoms with E-state index in [1.165, 1.54) is 0 Å². The highest BCUT2D eigenvalue weighted by molar-refractivity contribution is 6.31. The van der Waals surface area contributed by atoms with Gasteiger partial charge in [-0.2, -0.15) is 0 Å². The van der Waals surface area contributed by atoms with E-state index in [0.29, 0.717) is 33.8 Å². The third kappa shape index (κ3) is 4.77. The minimum absolute atomic E-state index is 0.0242. The van der Waals surface area contributed by atoms with E-state index in [1.807, 2.05) is 31.2 Å². The standard InChI is InChI=1S/C19H18ClN3O3/c1-12-4-3-5-15(8-12)25-17-7-6-14(20)10-16(17)21-11-19(24)22-18-9-13(2)26-23-18/h3-10,21H,11H2,1-2H3,(H,22,23,24). The molecule has 0 aliphatic rings. The van der Waals surface area contributed by atoms with Crippen LogP contribution >= 0.6 is 11.6 Å². The Bertz CT molecular complexity index is 924. The van der Waals surface area contributed by atoms with E-state index < -0.39 is 0 Å². The SMILES string of the molecule is Cc1cccc(Oc2ccc(Cl)cc2NCC(=O)Nc2cc(C)on2)c1. The zero-order chi connectivity index (χ0) is 18.5. The number of carbonyl (C=O) groups is 1. The second-order valence-electron chi connectivity index (χ2n) is 5.78. The first-order valence-corrected chi connectivity index (χ1v) is 8.38. The molecule has 1 aromatic heterocycles. The van der Waals surface area contributed by atoms with Gasteiger partial charge < -0.3 is 19.9 Å². The first kappa shape index (κ1) is 17.8. The Labute approximate surface area is 156 Å². The number of hydrogen-bond acceptors (Lipinski definition) is 5. The Morgan fingerprint density at radius 2 is 2.04 bits per heavy atom. The lowest BCUT2D eigenvalue weighted by molar-refractivity contribution is -0.114. The average molecular weight is 372 g/mol. The summed E-state index contributed by atoms with van der Waals surface area (Å²) in [5, 5.41) is 9.94. The van der Waals surface area contributed by atoms with E-state index in [-0.39, 0.29) is 12.5 Å². The highest BCUT2D eigenvalue weighted by atomic mass is 35.5. The number of nitrogens with one attached hydrogen (secondary N) is 2. The summed E-state index contributed by atoms with van der Waals surface area (Å²) in [5.74, 6) is 2.01. The molecule has 0 aliphatic carbocycles. The van der Waals surface area contributed by atoms with Gasteiger partial charge in [-0.05, 0) is 49.7 Å². The second-order valence-corrected chi connectivity index (χ2v) is 6.22. The molecule has 134 valence electrons. The lowest BCUT2D eigenvalue weighted by Crippen LogP contribution is -2.22. The van der Waals surface area contributed by atoms with Crippen molar-refractivity contribution in [3.05, 3.63) is 64.9 Å². The maximum Gasteiger partial charge on any atom is 0.244 e. The zero-order valence-electron chi connectivity index (χ0n) is 14.4. The van der Waals surface area contributed by atoms with E-state index in [4.69, 9.17) is 20.9 Å². The molecule has 0 unspecified atom stereocenters. The summed E-state index contributed by atoms with van der Waals surface area (Å²) < 4.78 is 10.8. The van der Waals surface area contributed by atoms with Gasteiger partial charge in [0, 0.05) is 11.1 Å². The Balaban J connectivity index is 1.68. The molecule has 0 radical (unpaired) electrons. The van der Waals surface area contributed by atoms with Crippen molar-refractivity contribution in [2.24, 2.45) is 0 Å². The number of hydrogen-bond donors (Lipinski definition) is 2. The number of benzene rings is 2. The maximum atomic E-state index is 12.1. The van der Waals surface area contributed by atoms with Crippen molar-refractivity contribution in [2.45, 2.75) is 13.8 Å². The van der Waals surface area contributed by atoms with Crippen molar-refractivity contribution in [3.8, 4) is 11.5 Å². The van der Waals surface area contributed by atoms with E-state index in [0.717, 1.165) is 5.56 Å². The van der Waals surface area contributed by atoms with Crippen LogP contribution in [0.15, 0.2) is 53.1 Å². The van der Waals surface area contributed by atoms with Crippen LogP contribution in [0.4, 0.5) is 11.5 Å². The van der Waals surface area contributed by atoms with E-state index in [9.17, 15) is 4.79 Å². The topological polar surface area (TPSA) is 76.4 Å². The second kappa shape index (κ2) is 7.93. The van der Waals surface area contributed by atoms with Crippen molar-refractivity contribution in [1.82, 2.24) is 5.16 Å². The molecule has 0 spiro atoms. The van der Waals surface area contributed by atoms with Crippen molar-refractivity contribution < 1.29 is 14.1 Å². The summed E-state index contributed by atoms with van der Waals surface area (Å²) in [5.41, 5.74) is 1.71. The lowest BCUT2D eigenvalue weighted by atomic mass is 10.2. The van der Waals surface area contributed by atoms with Crippen LogP contribution in [0.2, 0.25) is 5.02 Å². The predicted molar refractivity (Wildman–Crippen MR) is 101 cm³/mol. The van der Waals surface area contributed by atoms with Crippen LogP contribution in [0.5, 0.6) is 11.5 Å². The van der Waals surface area contributed by atoms with Crippen LogP contribution in [0.1, 0.15) is 11.3 Å². The molecule has 7 heteroatoms. The van der Waals surface area contributed by atoms with Crippen molar-refractivity contribution >= 4 is 29.0 Å². The third-order valence-electron chi connectivity index (χ3n) is 3.49. The molecule has 6 nitrogen and oxygen atoms in total. The van der Waals surface area contributed by atoms with Crippen LogP contribution in [0.3, 0.4) is 0 Å². The summed E-state index contributed by atoms with van der Waals surface area (Å²) in [6.45, 7) is 3.77. The number of anilines is 2. The quantitative estimate of drug-likeness (QED) is 0.651. The van der Waals surface area contributed by atoms with E-state index >= 15 is 0 Å². The Morgan fingerprint density at radius 3 is 2.77 bits per heavy atom. The van der Waals surface area contributed by atoms with Crippen LogP contribution in [0.25, 0.3) is 0 Å². The maximum absolute atomic E-state index is 12.1. The zero-order valence-corrected chi connectivity index (χ0v) is 15.1. The number of carbonyl (C=O) groups excluding carboxylic acids is 1. The smallest absolute Gasteiger partial charge is 0.244 e. The minimum Gasteiger partial charge on any atom is -0.455 e. The number of aromatic nitrogens is 1. The highest BCUT2D eigenvalue weighted by Crippen LogP contribution is 2.32. The molecule has 0 aliphatic heterocycles. The van der Waals surface area contributed by atoms with Crippen molar-refractivity contribution in [1.29, 1.82) is 0 Å². The Hall–Kier alpha value is -2.99. The van der Waals surface area contributed by atoms with Crippen LogP contribution in [0, 0.1) is 13.8 Å². The largest absolute Gasteiger partial charge is 0.455 e. The normalized spacial score (nSPS) is 10.4. The van der Waals surface area contributed by atoms with Crippen LogP contribution < -0.4 is 15.4 Å². The van der Waals surface area contributed by atoms with Gasteiger partial charge in [0.1, 0.15) is 11.5 Å². The van der Waals surface area contributed by atoms with Gasteiger partial charge in [0.15, 0.2) is 11.6 Å². The molecule has 0 atom stereocenters. The molecule has 2 N–H and O–H groups in total.